The van der Waals surface area contributed by atoms with Crippen LogP contribution in [0, 0.1) is 27.7 Å². The van der Waals surface area contributed by atoms with Gasteiger partial charge in [-0.15, -0.1) is 0 Å². The van der Waals surface area contributed by atoms with Crippen LogP contribution in [0.2, 0.25) is 0 Å². The molecule has 2 N–H and O–H groups in total. The largest absolute Gasteiger partial charge is 1.00 e. The van der Waals surface area contributed by atoms with Crippen LogP contribution in [-0.2, 0) is 20.2 Å². The van der Waals surface area contributed by atoms with Gasteiger partial charge in [0, 0.05) is 11.1 Å². The molecule has 0 bridgehead atoms. The molecule has 0 radical (unpaired) electrons. The van der Waals surface area contributed by atoms with Gasteiger partial charge in [-0.2, -0.15) is 0 Å². The Morgan fingerprint density at radius 3 is 1.07 bits per heavy atom. The van der Waals surface area contributed by atoms with E-state index in [1.54, 1.807) is 0 Å². The van der Waals surface area contributed by atoms with E-state index < -0.39 is 20.2 Å². The van der Waals surface area contributed by atoms with Crippen molar-refractivity contribution in [2.75, 3.05) is 0 Å². The van der Waals surface area contributed by atoms with Gasteiger partial charge in [-0.05, 0) is 96.2 Å². The van der Waals surface area contributed by atoms with Gasteiger partial charge in [0.1, 0.15) is 20.2 Å². The summed E-state index contributed by atoms with van der Waals surface area (Å²) in [4.78, 5) is -0.216. The summed E-state index contributed by atoms with van der Waals surface area (Å²) in [6, 6.07) is 14.7. The van der Waals surface area contributed by atoms with Crippen molar-refractivity contribution in [1.82, 2.24) is 0 Å². The molecule has 0 heterocycles. The second-order valence-electron chi connectivity index (χ2n) is 10.5. The van der Waals surface area contributed by atoms with Crippen molar-refractivity contribution in [1.29, 1.82) is 0 Å². The van der Waals surface area contributed by atoms with Crippen molar-refractivity contribution >= 4 is 20.2 Å². The van der Waals surface area contributed by atoms with Crippen molar-refractivity contribution in [3.63, 3.8) is 0 Å². The molecule has 0 aliphatic heterocycles. The fourth-order valence-corrected chi connectivity index (χ4v) is 6.37. The molecule has 0 unspecified atom stereocenters. The Hall–Kier alpha value is -0.820. The molecule has 0 aromatic heterocycles. The fraction of sp³-hybridized carbons (Fsp3) is 0.333. The van der Waals surface area contributed by atoms with E-state index in [9.17, 15) is 25.9 Å². The predicted octanol–water partition coefficient (Wildman–Crippen LogP) is 0.0548. The Bertz CT molecular complexity index is 1540. The molecule has 0 saturated carbocycles. The molecule has 0 atom stereocenters. The van der Waals surface area contributed by atoms with E-state index >= 15 is 0 Å². The molecule has 0 fully saturated rings. The third-order valence-corrected chi connectivity index (χ3v) is 8.63. The van der Waals surface area contributed by atoms with Crippen molar-refractivity contribution < 1.29 is 90.5 Å². The molecular weight excluding hydrogens is 582 g/mol. The van der Waals surface area contributed by atoms with E-state index in [1.807, 2.05) is 64.1 Å². The number of rotatable bonds is 4. The van der Waals surface area contributed by atoms with Crippen molar-refractivity contribution in [2.45, 2.75) is 77.0 Å². The second-order valence-corrected chi connectivity index (χ2v) is 13.2. The summed E-state index contributed by atoms with van der Waals surface area (Å²) in [5, 5.41) is 0. The maximum Gasteiger partial charge on any atom is 1.00 e. The summed E-state index contributed by atoms with van der Waals surface area (Å²) in [5.74, 6) is 0.688. The van der Waals surface area contributed by atoms with Gasteiger partial charge in [0.15, 0.2) is 0 Å². The standard InChI is InChI=1S/2C15H18O3S.2Na.H2O/c2*1-9(2)12-6-5-10(3)15-13(8-12)11(4)7-14(15)19(16,17)18;;;/h2*5-9H,1-4H3,(H,16,17,18);;;1H2/q;;2*+1;/p-2. The first-order valence-corrected chi connectivity index (χ1v) is 15.2. The van der Waals surface area contributed by atoms with Crippen LogP contribution in [-0.4, -0.2) is 31.4 Å². The third-order valence-electron chi connectivity index (χ3n) is 6.91. The summed E-state index contributed by atoms with van der Waals surface area (Å²) >= 11 is 0. The zero-order valence-corrected chi connectivity index (χ0v) is 31.2. The SMILES string of the molecule is Cc1cc(S(=O)(=O)[O-])c2c(C)ccc(C(C)C)cc1-2.Cc1cc(S(=O)(=O)[O-])c2c(C)ccc(C(C)C)cc1-2.O.[Na+].[Na+]. The zero-order valence-electron chi connectivity index (χ0n) is 25.5. The second kappa shape index (κ2) is 15.3. The number of fused-ring (bicyclic) bond motifs is 2. The van der Waals surface area contributed by atoms with Gasteiger partial charge in [0.25, 0.3) is 0 Å². The van der Waals surface area contributed by atoms with Crippen LogP contribution in [0.5, 0.6) is 0 Å². The number of hydrogen-bond acceptors (Lipinski definition) is 6. The molecule has 0 aromatic rings. The van der Waals surface area contributed by atoms with Crippen LogP contribution in [0.4, 0.5) is 0 Å². The maximum absolute atomic E-state index is 11.4. The van der Waals surface area contributed by atoms with E-state index in [0.29, 0.717) is 23.0 Å². The zero-order chi connectivity index (χ0) is 28.7. The monoisotopic (exact) mass is 618 g/mol. The maximum atomic E-state index is 11.4. The van der Waals surface area contributed by atoms with E-state index in [4.69, 9.17) is 0 Å². The Balaban J connectivity index is 0.000000727. The van der Waals surface area contributed by atoms with Crippen molar-refractivity contribution in [3.8, 4) is 22.3 Å². The smallest absolute Gasteiger partial charge is 0.744 e. The summed E-state index contributed by atoms with van der Waals surface area (Å²) in [5.41, 5.74) is 8.33. The Morgan fingerprint density at radius 2 is 0.829 bits per heavy atom. The van der Waals surface area contributed by atoms with Gasteiger partial charge in [-0.1, -0.05) is 64.1 Å². The molecular formula is C30H36Na2O7S2. The van der Waals surface area contributed by atoms with Crippen LogP contribution in [0.3, 0.4) is 0 Å². The van der Waals surface area contributed by atoms with Gasteiger partial charge in [0.2, 0.25) is 0 Å². The molecule has 7 nitrogen and oxygen atoms in total. The van der Waals surface area contributed by atoms with Gasteiger partial charge in [-0.3, -0.25) is 0 Å². The van der Waals surface area contributed by atoms with Crippen LogP contribution in [0.15, 0.2) is 58.3 Å². The first-order chi connectivity index (χ1) is 17.4. The van der Waals surface area contributed by atoms with E-state index in [2.05, 4.69) is 27.7 Å². The van der Waals surface area contributed by atoms with Crippen LogP contribution >= 0.6 is 0 Å². The van der Waals surface area contributed by atoms with Crippen molar-refractivity contribution in [2.24, 2.45) is 0 Å². The third kappa shape index (κ3) is 9.09. The summed E-state index contributed by atoms with van der Waals surface area (Å²) in [7, 11) is -8.89. The first-order valence-electron chi connectivity index (χ1n) is 12.4. The molecule has 4 rings (SSSR count). The topological polar surface area (TPSA) is 146 Å². The summed E-state index contributed by atoms with van der Waals surface area (Å²) < 4.78 is 68.3. The Morgan fingerprint density at radius 1 is 0.537 bits per heavy atom. The van der Waals surface area contributed by atoms with Gasteiger partial charge >= 0.3 is 59.1 Å². The molecule has 0 spiro atoms. The number of aryl methyl sites for hydroxylation is 4. The van der Waals surface area contributed by atoms with Gasteiger partial charge in [0.05, 0.1) is 9.79 Å². The van der Waals surface area contributed by atoms with E-state index in [1.165, 1.54) is 12.1 Å². The van der Waals surface area contributed by atoms with Crippen LogP contribution in [0.25, 0.3) is 22.3 Å². The van der Waals surface area contributed by atoms with E-state index in [0.717, 1.165) is 44.5 Å². The Labute approximate surface area is 289 Å². The minimum atomic E-state index is -4.44. The Kier molecular flexibility index (Phi) is 15.0. The predicted molar refractivity (Wildman–Crippen MR) is 153 cm³/mol. The minimum absolute atomic E-state index is 0. The average molecular weight is 619 g/mol. The van der Waals surface area contributed by atoms with Gasteiger partial charge in [-0.25, -0.2) is 16.8 Å². The molecule has 0 amide bonds. The molecule has 0 aromatic carbocycles. The summed E-state index contributed by atoms with van der Waals surface area (Å²) in [6.45, 7) is 15.7. The molecule has 11 heteroatoms. The van der Waals surface area contributed by atoms with Crippen molar-refractivity contribution in [3.05, 3.63) is 81.9 Å². The summed E-state index contributed by atoms with van der Waals surface area (Å²) in [6.07, 6.45) is 0. The molecule has 41 heavy (non-hydrogen) atoms. The fourth-order valence-electron chi connectivity index (χ4n) is 4.69. The minimum Gasteiger partial charge on any atom is -0.744 e. The molecule has 4 aliphatic rings. The normalized spacial score (nSPS) is 11.4. The number of hydrogen-bond donors (Lipinski definition) is 0. The first kappa shape index (κ1) is 40.2. The van der Waals surface area contributed by atoms with E-state index in [-0.39, 0.29) is 74.4 Å². The quantitative estimate of drug-likeness (QED) is 0.234. The molecule has 212 valence electrons. The molecule has 0 saturated heterocycles. The van der Waals surface area contributed by atoms with Crippen LogP contribution in [0.1, 0.15) is 72.9 Å². The average Bonchev–Trinajstić information content (AvgIpc) is 3.15. The van der Waals surface area contributed by atoms with Crippen LogP contribution < -0.4 is 59.1 Å². The van der Waals surface area contributed by atoms with Gasteiger partial charge < -0.3 is 14.6 Å². The molecule has 4 aliphatic carbocycles.